The molecule has 0 aliphatic rings. The summed E-state index contributed by atoms with van der Waals surface area (Å²) in [5.41, 5.74) is 0. The zero-order valence-corrected chi connectivity index (χ0v) is 10.7. The first-order valence-corrected chi connectivity index (χ1v) is 0. The molecule has 0 amide bonds. The standard InChI is InChI=1S/2Mn.8H2O.Zn/h;;8*1H2;/q;;;;;;;;;;+2/p-2. The van der Waals surface area contributed by atoms with Crippen molar-refractivity contribution in [1.82, 2.24) is 0 Å². The first-order valence-electron chi connectivity index (χ1n) is 0. The minimum atomic E-state index is 0. The molecule has 0 aliphatic heterocycles. The monoisotopic (exact) mass is 316 g/mol. The third-order valence-electron chi connectivity index (χ3n) is 0. The molecule has 0 saturated heterocycles. The minimum Gasteiger partial charge on any atom is -0.870 e. The van der Waals surface area contributed by atoms with Gasteiger partial charge in [0.2, 0.25) is 0 Å². The first-order chi connectivity index (χ1) is 0. The van der Waals surface area contributed by atoms with Gasteiger partial charge in [0.15, 0.2) is 0 Å². The molecule has 78 valence electrons. The Morgan fingerprint density at radius 1 is 0.364 bits per heavy atom. The van der Waals surface area contributed by atoms with Crippen LogP contribution in [-0.2, 0) is 53.6 Å². The predicted octanol–water partition coefficient (Wildman–Crippen LogP) is -5.31. The molecule has 2 radical (unpaired) electrons. The van der Waals surface area contributed by atoms with Crippen LogP contribution in [-0.4, -0.2) is 43.8 Å². The van der Waals surface area contributed by atoms with Crippen molar-refractivity contribution in [3.8, 4) is 0 Å². The van der Waals surface area contributed by atoms with Crippen molar-refractivity contribution in [2.45, 2.75) is 0 Å². The van der Waals surface area contributed by atoms with E-state index in [4.69, 9.17) is 0 Å². The summed E-state index contributed by atoms with van der Waals surface area (Å²) in [6, 6.07) is 0. The molecule has 0 fully saturated rings. The van der Waals surface area contributed by atoms with E-state index in [2.05, 4.69) is 0 Å². The number of hydrogen-bond acceptors (Lipinski definition) is 2. The van der Waals surface area contributed by atoms with Gasteiger partial charge < -0.3 is 43.8 Å². The average molecular weight is 317 g/mol. The van der Waals surface area contributed by atoms with Crippen LogP contribution < -0.4 is 0 Å². The second-order valence-electron chi connectivity index (χ2n) is 0. The van der Waals surface area contributed by atoms with Crippen molar-refractivity contribution >= 4 is 0 Å². The Morgan fingerprint density at radius 3 is 0.364 bits per heavy atom. The Bertz CT molecular complexity index is 12.1. The van der Waals surface area contributed by atoms with Crippen LogP contribution >= 0.6 is 0 Å². The van der Waals surface area contributed by atoms with E-state index in [1.807, 2.05) is 0 Å². The fourth-order valence-electron chi connectivity index (χ4n) is 0. The van der Waals surface area contributed by atoms with Gasteiger partial charge in [-0.2, -0.15) is 0 Å². The molecule has 0 rings (SSSR count). The second-order valence-corrected chi connectivity index (χ2v) is 0. The van der Waals surface area contributed by atoms with Crippen LogP contribution in [0.3, 0.4) is 0 Å². The van der Waals surface area contributed by atoms with Gasteiger partial charge in [-0.15, -0.1) is 0 Å². The Labute approximate surface area is 97.3 Å². The molecule has 0 aromatic heterocycles. The molecule has 0 aliphatic carbocycles. The Balaban J connectivity index is 0. The maximum absolute atomic E-state index is 0. The minimum absolute atomic E-state index is 0. The van der Waals surface area contributed by atoms with E-state index >= 15 is 0 Å². The number of hydrogen-bond donors (Lipinski definition) is 0. The average Bonchev–Trinajstić information content (AvgIpc) is 0. The number of rotatable bonds is 0. The normalized spacial score (nSPS) is 0. The SMILES string of the molecule is O.O.O.O.O.O.[Mn].[Mn].[OH-].[OH-].[Zn+2]. The van der Waals surface area contributed by atoms with Crippen molar-refractivity contribution in [3.63, 3.8) is 0 Å². The fourth-order valence-corrected chi connectivity index (χ4v) is 0. The van der Waals surface area contributed by atoms with E-state index in [0.29, 0.717) is 0 Å². The molecular formula is H14Mn2O8Zn. The van der Waals surface area contributed by atoms with Gasteiger partial charge in [0.25, 0.3) is 0 Å². The summed E-state index contributed by atoms with van der Waals surface area (Å²) in [6.45, 7) is 0. The van der Waals surface area contributed by atoms with Gasteiger partial charge in [0, 0.05) is 34.1 Å². The van der Waals surface area contributed by atoms with E-state index in [0.717, 1.165) is 0 Å². The Hall–Kier alpha value is 1.34. The van der Waals surface area contributed by atoms with Crippen LogP contribution in [0.1, 0.15) is 0 Å². The molecule has 11 heavy (non-hydrogen) atoms. The maximum atomic E-state index is 0. The van der Waals surface area contributed by atoms with E-state index in [1.165, 1.54) is 0 Å². The smallest absolute Gasteiger partial charge is 0.870 e. The Kier molecular flexibility index (Phi) is 53900. The third-order valence-corrected chi connectivity index (χ3v) is 0. The second kappa shape index (κ2) is 673. The molecular weight excluding hydrogens is 303 g/mol. The van der Waals surface area contributed by atoms with Gasteiger partial charge in [-0.25, -0.2) is 0 Å². The van der Waals surface area contributed by atoms with E-state index in [1.54, 1.807) is 0 Å². The third kappa shape index (κ3) is 549. The molecule has 8 nitrogen and oxygen atoms in total. The van der Waals surface area contributed by atoms with Crippen LogP contribution in [0.25, 0.3) is 0 Å². The van der Waals surface area contributed by atoms with Crippen LogP contribution in [0.2, 0.25) is 0 Å². The molecule has 0 aromatic rings. The molecule has 0 saturated carbocycles. The molecule has 0 bridgehead atoms. The molecule has 0 atom stereocenters. The molecule has 0 spiro atoms. The summed E-state index contributed by atoms with van der Waals surface area (Å²) in [6.07, 6.45) is 0. The van der Waals surface area contributed by atoms with Gasteiger partial charge in [0.1, 0.15) is 0 Å². The molecule has 14 N–H and O–H groups in total. The van der Waals surface area contributed by atoms with Crippen LogP contribution in [0, 0.1) is 0 Å². The Morgan fingerprint density at radius 2 is 0.364 bits per heavy atom. The van der Waals surface area contributed by atoms with Crippen molar-refractivity contribution in [2.75, 3.05) is 0 Å². The first kappa shape index (κ1) is 881. The molecule has 0 heterocycles. The van der Waals surface area contributed by atoms with E-state index in [-0.39, 0.29) is 97.4 Å². The van der Waals surface area contributed by atoms with Crippen LogP contribution in [0.5, 0.6) is 0 Å². The van der Waals surface area contributed by atoms with Crippen molar-refractivity contribution in [2.24, 2.45) is 0 Å². The topological polar surface area (TPSA) is 249 Å². The molecule has 0 unspecified atom stereocenters. The summed E-state index contributed by atoms with van der Waals surface area (Å²) in [5, 5.41) is 0. The van der Waals surface area contributed by atoms with Gasteiger partial charge in [0.05, 0.1) is 0 Å². The van der Waals surface area contributed by atoms with Gasteiger partial charge in [-0.05, 0) is 0 Å². The van der Waals surface area contributed by atoms with Crippen LogP contribution in [0.4, 0.5) is 0 Å². The van der Waals surface area contributed by atoms with Crippen LogP contribution in [0.15, 0.2) is 0 Å². The van der Waals surface area contributed by atoms with Gasteiger partial charge >= 0.3 is 19.5 Å². The largest absolute Gasteiger partial charge is 2.00 e. The zero-order chi connectivity index (χ0) is 0. The van der Waals surface area contributed by atoms with Gasteiger partial charge in [-0.3, -0.25) is 0 Å². The summed E-state index contributed by atoms with van der Waals surface area (Å²) in [4.78, 5) is 0. The molecule has 0 aromatic carbocycles. The predicted molar refractivity (Wildman–Crippen MR) is 25.6 cm³/mol. The van der Waals surface area contributed by atoms with E-state index < -0.39 is 0 Å². The van der Waals surface area contributed by atoms with E-state index in [9.17, 15) is 0 Å². The van der Waals surface area contributed by atoms with Gasteiger partial charge in [-0.1, -0.05) is 0 Å². The van der Waals surface area contributed by atoms with Crippen molar-refractivity contribution < 1.29 is 97.4 Å². The van der Waals surface area contributed by atoms with Crippen molar-refractivity contribution in [3.05, 3.63) is 0 Å². The quantitative estimate of drug-likeness (QED) is 0.396. The zero-order valence-electron chi connectivity index (χ0n) is 5.36. The summed E-state index contributed by atoms with van der Waals surface area (Å²) < 4.78 is 0. The summed E-state index contributed by atoms with van der Waals surface area (Å²) in [5.74, 6) is 0. The van der Waals surface area contributed by atoms with Crippen molar-refractivity contribution in [1.29, 1.82) is 0 Å². The molecule has 11 heteroatoms. The summed E-state index contributed by atoms with van der Waals surface area (Å²) in [7, 11) is 0. The maximum Gasteiger partial charge on any atom is 2.00 e. The summed E-state index contributed by atoms with van der Waals surface area (Å²) >= 11 is 0. The fraction of sp³-hybridized carbons (Fsp3) is 0.